The van der Waals surface area contributed by atoms with E-state index in [-0.39, 0.29) is 55.5 Å². The van der Waals surface area contributed by atoms with Crippen LogP contribution in [0.25, 0.3) is 61.3 Å². The van der Waals surface area contributed by atoms with Gasteiger partial charge in [-0.3, -0.25) is 4.57 Å². The van der Waals surface area contributed by atoms with Crippen LogP contribution in [0.15, 0.2) is 152 Å². The molecule has 0 spiro atoms. The third-order valence-corrected chi connectivity index (χ3v) is 11.7. The Balaban J connectivity index is 0.00000642. The molecule has 320 valence electrons. The van der Waals surface area contributed by atoms with Gasteiger partial charge < -0.3 is 13.9 Å². The van der Waals surface area contributed by atoms with Crippen molar-refractivity contribution in [1.29, 1.82) is 0 Å². The summed E-state index contributed by atoms with van der Waals surface area (Å²) in [5.41, 5.74) is 8.15. The zero-order valence-corrected chi connectivity index (χ0v) is 39.4. The van der Waals surface area contributed by atoms with E-state index in [9.17, 15) is 0 Å². The number of aromatic nitrogens is 4. The molecule has 1 unspecified atom stereocenters. The number of imidazole rings is 1. The molecule has 0 fully saturated rings. The van der Waals surface area contributed by atoms with Crippen molar-refractivity contribution in [2.45, 2.75) is 79.0 Å². The van der Waals surface area contributed by atoms with Crippen molar-refractivity contribution in [3.8, 4) is 50.9 Å². The molecule has 9 rings (SSSR count). The number of nitrogens with zero attached hydrogens (tertiary/aromatic N) is 4. The molecule has 0 amide bonds. The Kier molecular flexibility index (Phi) is 9.99. The second-order valence-electron chi connectivity index (χ2n) is 18.3. The van der Waals surface area contributed by atoms with Crippen molar-refractivity contribution in [1.82, 2.24) is 14.1 Å². The average molecular weight is 1010 g/mol. The fourth-order valence-corrected chi connectivity index (χ4v) is 7.89. The first-order valence-corrected chi connectivity index (χ1v) is 21.2. The summed E-state index contributed by atoms with van der Waals surface area (Å²) in [6.07, 6.45) is 8.95. The van der Waals surface area contributed by atoms with Crippen LogP contribution in [0.4, 0.5) is 0 Å². The summed E-state index contributed by atoms with van der Waals surface area (Å²) in [6.45, 7) is 19.2. The minimum atomic E-state index is -0.810. The molecule has 0 aliphatic rings. The van der Waals surface area contributed by atoms with Gasteiger partial charge in [-0.25, -0.2) is 4.98 Å². The van der Waals surface area contributed by atoms with E-state index < -0.39 is 24.0 Å². The SMILES string of the molecule is [2H]c1c([2H])c([2H])c(-c2cccc(-c3cc(C(C)(C)C)cc(C(C)(C)C)c3)c2-[n+]2[c-]n(-c3[c-]c(Oc4[c-]c5c(cc4)c4ccccc4n5-c4cc(C([2H])(C)C(C)C)ccn4)ccc3)cc2)c([2H])c1[2H].[Pt]. The standard InChI is InChI=1S/C57H54N4O.Pt/c1-38(2)39(3)41-27-28-58-54(33-41)61-52-24-14-13-21-50(52)51-26-25-47(36-53(51)61)62-46-20-15-19-45(35-46)59-29-30-60(37-59)55-48(40-17-11-10-12-18-40)22-16-23-49(55)42-31-43(56(4,5)6)34-44(32-42)57(7,8)9;/h10-34,38-39H,1-9H3;/q-2;/i10D,11D,12D,17D,18D,39D;. The predicted octanol–water partition coefficient (Wildman–Crippen LogP) is 14.1. The van der Waals surface area contributed by atoms with Gasteiger partial charge >= 0.3 is 0 Å². The minimum Gasteiger partial charge on any atom is -0.510 e. The van der Waals surface area contributed by atoms with E-state index in [1.165, 1.54) is 0 Å². The molecule has 0 N–H and O–H groups in total. The summed E-state index contributed by atoms with van der Waals surface area (Å²) in [7, 11) is 0. The summed E-state index contributed by atoms with van der Waals surface area (Å²) in [4.78, 5) is 4.79. The van der Waals surface area contributed by atoms with Gasteiger partial charge in [-0.15, -0.1) is 29.7 Å². The molecular weight excluding hydrogens is 952 g/mol. The summed E-state index contributed by atoms with van der Waals surface area (Å²) >= 11 is 0. The topological polar surface area (TPSA) is 35.9 Å². The van der Waals surface area contributed by atoms with E-state index in [2.05, 4.69) is 109 Å². The van der Waals surface area contributed by atoms with Crippen LogP contribution in [0, 0.1) is 24.4 Å². The maximum atomic E-state index is 9.13. The number of benzene rings is 6. The zero-order chi connectivity index (χ0) is 48.6. The predicted molar refractivity (Wildman–Crippen MR) is 254 cm³/mol. The monoisotopic (exact) mass is 1010 g/mol. The van der Waals surface area contributed by atoms with Crippen molar-refractivity contribution in [3.63, 3.8) is 0 Å². The Morgan fingerprint density at radius 1 is 0.714 bits per heavy atom. The van der Waals surface area contributed by atoms with E-state index in [0.717, 1.165) is 49.6 Å². The van der Waals surface area contributed by atoms with E-state index in [1.807, 2.05) is 90.6 Å². The molecule has 3 heterocycles. The van der Waals surface area contributed by atoms with Gasteiger partial charge in [0.1, 0.15) is 5.82 Å². The molecule has 3 aromatic heterocycles. The van der Waals surface area contributed by atoms with Crippen LogP contribution in [0.3, 0.4) is 0 Å². The third kappa shape index (κ3) is 8.69. The minimum absolute atomic E-state index is 0. The maximum Gasteiger partial charge on any atom is 0.267 e. The van der Waals surface area contributed by atoms with Crippen LogP contribution in [0.5, 0.6) is 11.5 Å². The summed E-state index contributed by atoms with van der Waals surface area (Å²) in [5, 5.41) is 2.04. The molecule has 6 heteroatoms. The molecule has 0 saturated heterocycles. The third-order valence-electron chi connectivity index (χ3n) is 11.7. The van der Waals surface area contributed by atoms with Gasteiger partial charge in [0.05, 0.1) is 12.5 Å². The van der Waals surface area contributed by atoms with Gasteiger partial charge in [0.15, 0.2) is 0 Å². The van der Waals surface area contributed by atoms with Crippen molar-refractivity contribution in [2.24, 2.45) is 5.92 Å². The van der Waals surface area contributed by atoms with Gasteiger partial charge in [0.2, 0.25) is 0 Å². The van der Waals surface area contributed by atoms with E-state index in [1.54, 1.807) is 16.8 Å². The number of fused-ring (bicyclic) bond motifs is 3. The van der Waals surface area contributed by atoms with Gasteiger partial charge in [0.25, 0.3) is 6.33 Å². The first-order valence-electron chi connectivity index (χ1n) is 24.2. The fraction of sp³-hybridized carbons (Fsp3) is 0.228. The normalized spacial score (nSPS) is 14.3. The van der Waals surface area contributed by atoms with E-state index in [0.29, 0.717) is 34.3 Å². The Morgan fingerprint density at radius 2 is 1.40 bits per heavy atom. The Labute approximate surface area is 395 Å². The first kappa shape index (κ1) is 36.5. The van der Waals surface area contributed by atoms with Gasteiger partial charge in [-0.1, -0.05) is 153 Å². The Hall–Kier alpha value is -6.03. The van der Waals surface area contributed by atoms with E-state index >= 15 is 0 Å². The first-order chi connectivity index (χ1) is 32.1. The zero-order valence-electron chi connectivity index (χ0n) is 43.1. The molecule has 0 aliphatic carbocycles. The molecule has 1 atom stereocenters. The molecule has 0 bridgehead atoms. The van der Waals surface area contributed by atoms with Crippen LogP contribution >= 0.6 is 0 Å². The van der Waals surface area contributed by atoms with Crippen LogP contribution in [-0.2, 0) is 31.9 Å². The number of para-hydroxylation sites is 2. The molecule has 6 aromatic carbocycles. The summed E-state index contributed by atoms with van der Waals surface area (Å²) in [6, 6.07) is 39.1. The van der Waals surface area contributed by atoms with Crippen molar-refractivity contribution in [2.75, 3.05) is 0 Å². The number of ether oxygens (including phenoxy) is 1. The Morgan fingerprint density at radius 3 is 2.11 bits per heavy atom. The quantitative estimate of drug-likeness (QED) is 0.107. The molecule has 0 saturated carbocycles. The molecule has 5 nitrogen and oxygen atoms in total. The molecule has 0 radical (unpaired) electrons. The van der Waals surface area contributed by atoms with E-state index in [4.69, 9.17) is 17.9 Å². The molecule has 63 heavy (non-hydrogen) atoms. The number of hydrogen-bond donors (Lipinski definition) is 0. The maximum absolute atomic E-state index is 9.13. The van der Waals surface area contributed by atoms with Gasteiger partial charge in [0, 0.05) is 58.0 Å². The average Bonchev–Trinajstić information content (AvgIpc) is 3.93. The number of pyridine rings is 1. The molecule has 9 aromatic rings. The van der Waals surface area contributed by atoms with Gasteiger partial charge in [-0.05, 0) is 90.9 Å². The molecule has 0 aliphatic heterocycles. The van der Waals surface area contributed by atoms with Crippen molar-refractivity contribution >= 4 is 21.8 Å². The second-order valence-corrected chi connectivity index (χ2v) is 18.3. The summed E-state index contributed by atoms with van der Waals surface area (Å²) < 4.78 is 64.9. The smallest absolute Gasteiger partial charge is 0.267 e. The van der Waals surface area contributed by atoms with Gasteiger partial charge in [-0.2, -0.15) is 18.2 Å². The summed E-state index contributed by atoms with van der Waals surface area (Å²) in [5.74, 6) is 0.904. The number of hydrogen-bond acceptors (Lipinski definition) is 2. The van der Waals surface area contributed by atoms with Crippen LogP contribution in [-0.4, -0.2) is 14.1 Å². The van der Waals surface area contributed by atoms with Crippen LogP contribution < -0.4 is 9.30 Å². The largest absolute Gasteiger partial charge is 0.510 e. The van der Waals surface area contributed by atoms with Crippen LogP contribution in [0.2, 0.25) is 0 Å². The number of rotatable bonds is 9. The van der Waals surface area contributed by atoms with Crippen molar-refractivity contribution < 1.29 is 38.6 Å². The van der Waals surface area contributed by atoms with Crippen LogP contribution in [0.1, 0.15) is 93.1 Å². The second kappa shape index (κ2) is 17.3. The van der Waals surface area contributed by atoms with Crippen molar-refractivity contribution in [3.05, 3.63) is 187 Å². The molecular formula is C57H54N4OPt-2. The Bertz CT molecular complexity index is 3370. The fourth-order valence-electron chi connectivity index (χ4n) is 7.89.